The minimum absolute atomic E-state index is 0.201. The minimum atomic E-state index is -0.511. The van der Waals surface area contributed by atoms with Gasteiger partial charge in [0.1, 0.15) is 5.82 Å². The third kappa shape index (κ3) is 1.63. The summed E-state index contributed by atoms with van der Waals surface area (Å²) in [6.07, 6.45) is 0. The Labute approximate surface area is 71.7 Å². The van der Waals surface area contributed by atoms with Gasteiger partial charge in [0.05, 0.1) is 11.6 Å². The highest BCUT2D eigenvalue weighted by molar-refractivity contribution is 9.10. The molecular weight excluding hydrogens is 215 g/mol. The van der Waals surface area contributed by atoms with E-state index >= 15 is 0 Å². The molecule has 0 aliphatic rings. The molecule has 11 heavy (non-hydrogen) atoms. The highest BCUT2D eigenvalue weighted by atomic mass is 79.9. The van der Waals surface area contributed by atoms with Gasteiger partial charge in [-0.15, -0.1) is 0 Å². The Bertz CT molecular complexity index is 275. The van der Waals surface area contributed by atoms with E-state index in [1.54, 1.807) is 0 Å². The number of hydrogen-bond donors (Lipinski definition) is 1. The molecule has 0 bridgehead atoms. The average Bonchev–Trinajstić information content (AvgIpc) is 1.97. The van der Waals surface area contributed by atoms with Gasteiger partial charge in [0, 0.05) is 12.1 Å². The fourth-order valence-corrected chi connectivity index (χ4v) is 1.00. The Balaban J connectivity index is 3.21. The van der Waals surface area contributed by atoms with E-state index in [0.29, 0.717) is 0 Å². The van der Waals surface area contributed by atoms with Gasteiger partial charge >= 0.3 is 0 Å². The van der Waals surface area contributed by atoms with E-state index in [1.165, 1.54) is 13.2 Å². The number of methoxy groups -OCH3 is 1. The summed E-state index contributed by atoms with van der Waals surface area (Å²) in [5.41, 5.74) is 0. The van der Waals surface area contributed by atoms with Gasteiger partial charge < -0.3 is 9.84 Å². The first-order chi connectivity index (χ1) is 5.15. The molecule has 0 fully saturated rings. The molecule has 1 aromatic rings. The topological polar surface area (TPSA) is 29.5 Å². The smallest absolute Gasteiger partial charge is 0.161 e. The van der Waals surface area contributed by atoms with Gasteiger partial charge in [0.25, 0.3) is 0 Å². The molecule has 1 aromatic carbocycles. The maximum Gasteiger partial charge on any atom is 0.161 e. The van der Waals surface area contributed by atoms with Crippen LogP contribution in [0.4, 0.5) is 4.39 Å². The SMILES string of the molecule is COc1cc(Br)c(F)cc1O. The molecule has 0 spiro atoms. The fourth-order valence-electron chi connectivity index (χ4n) is 0.682. The number of hydrogen-bond acceptors (Lipinski definition) is 2. The van der Waals surface area contributed by atoms with Crippen molar-refractivity contribution >= 4 is 15.9 Å². The number of ether oxygens (including phenoxy) is 1. The molecular formula is C7H6BrFO2. The van der Waals surface area contributed by atoms with Crippen LogP contribution in [0.5, 0.6) is 11.5 Å². The summed E-state index contributed by atoms with van der Waals surface area (Å²) in [6, 6.07) is 2.35. The molecule has 4 heteroatoms. The first kappa shape index (κ1) is 8.33. The van der Waals surface area contributed by atoms with Gasteiger partial charge in [-0.25, -0.2) is 4.39 Å². The van der Waals surface area contributed by atoms with Gasteiger partial charge in [-0.3, -0.25) is 0 Å². The van der Waals surface area contributed by atoms with Crippen LogP contribution in [0.15, 0.2) is 16.6 Å². The van der Waals surface area contributed by atoms with Crippen molar-refractivity contribution < 1.29 is 14.2 Å². The van der Waals surface area contributed by atoms with Crippen LogP contribution in [0, 0.1) is 5.82 Å². The van der Waals surface area contributed by atoms with Crippen LogP contribution in [0.3, 0.4) is 0 Å². The molecule has 0 amide bonds. The second-order valence-electron chi connectivity index (χ2n) is 1.94. The number of aromatic hydroxyl groups is 1. The van der Waals surface area contributed by atoms with Crippen LogP contribution in [-0.4, -0.2) is 12.2 Å². The lowest BCUT2D eigenvalue weighted by atomic mass is 10.3. The van der Waals surface area contributed by atoms with Gasteiger partial charge in [-0.2, -0.15) is 0 Å². The molecule has 0 aliphatic heterocycles. The third-order valence-electron chi connectivity index (χ3n) is 1.22. The largest absolute Gasteiger partial charge is 0.504 e. The molecule has 0 unspecified atom stereocenters. The van der Waals surface area contributed by atoms with Crippen molar-refractivity contribution in [2.45, 2.75) is 0 Å². The quantitative estimate of drug-likeness (QED) is 0.788. The van der Waals surface area contributed by atoms with E-state index in [-0.39, 0.29) is 16.0 Å². The molecule has 0 atom stereocenters. The van der Waals surface area contributed by atoms with E-state index in [9.17, 15) is 4.39 Å². The molecule has 1 N–H and O–H groups in total. The Morgan fingerprint density at radius 3 is 2.73 bits per heavy atom. The first-order valence-electron chi connectivity index (χ1n) is 2.87. The number of rotatable bonds is 1. The maximum atomic E-state index is 12.6. The molecule has 0 aromatic heterocycles. The van der Waals surface area contributed by atoms with Gasteiger partial charge in [0.15, 0.2) is 11.5 Å². The molecule has 60 valence electrons. The molecule has 0 aliphatic carbocycles. The third-order valence-corrected chi connectivity index (χ3v) is 1.83. The lowest BCUT2D eigenvalue weighted by Crippen LogP contribution is -1.85. The highest BCUT2D eigenvalue weighted by Gasteiger charge is 2.06. The summed E-state index contributed by atoms with van der Waals surface area (Å²) in [5, 5.41) is 9.03. The van der Waals surface area contributed by atoms with Crippen molar-refractivity contribution in [3.8, 4) is 11.5 Å². The predicted octanol–water partition coefficient (Wildman–Crippen LogP) is 2.30. The van der Waals surface area contributed by atoms with Crippen molar-refractivity contribution in [1.29, 1.82) is 0 Å². The van der Waals surface area contributed by atoms with Crippen LogP contribution in [-0.2, 0) is 0 Å². The van der Waals surface area contributed by atoms with Crippen molar-refractivity contribution in [3.05, 3.63) is 22.4 Å². The van der Waals surface area contributed by atoms with E-state index < -0.39 is 5.82 Å². The van der Waals surface area contributed by atoms with Crippen molar-refractivity contribution in [3.63, 3.8) is 0 Å². The van der Waals surface area contributed by atoms with Crippen LogP contribution >= 0.6 is 15.9 Å². The van der Waals surface area contributed by atoms with E-state index in [4.69, 9.17) is 9.84 Å². The number of phenolic OH excluding ortho intramolecular Hbond substituents is 1. The van der Waals surface area contributed by atoms with Crippen LogP contribution in [0.2, 0.25) is 0 Å². The average molecular weight is 221 g/mol. The summed E-state index contributed by atoms with van der Waals surface area (Å²) in [4.78, 5) is 0. The maximum absolute atomic E-state index is 12.6. The summed E-state index contributed by atoms with van der Waals surface area (Å²) >= 11 is 2.95. The Hall–Kier alpha value is -0.770. The Morgan fingerprint density at radius 1 is 1.55 bits per heavy atom. The summed E-state index contributed by atoms with van der Waals surface area (Å²) < 4.78 is 17.6. The monoisotopic (exact) mass is 220 g/mol. The molecule has 0 saturated heterocycles. The summed E-state index contributed by atoms with van der Waals surface area (Å²) in [7, 11) is 1.40. The molecule has 2 nitrogen and oxygen atoms in total. The number of phenols is 1. The Kier molecular flexibility index (Phi) is 2.34. The zero-order valence-electron chi connectivity index (χ0n) is 5.77. The second kappa shape index (κ2) is 3.09. The number of benzene rings is 1. The van der Waals surface area contributed by atoms with Crippen molar-refractivity contribution in [1.82, 2.24) is 0 Å². The van der Waals surface area contributed by atoms with Crippen LogP contribution in [0.1, 0.15) is 0 Å². The lowest BCUT2D eigenvalue weighted by Gasteiger charge is -2.03. The van der Waals surface area contributed by atoms with E-state index in [2.05, 4.69) is 15.9 Å². The van der Waals surface area contributed by atoms with E-state index in [1.807, 2.05) is 0 Å². The predicted molar refractivity (Wildman–Crippen MR) is 42.3 cm³/mol. The van der Waals surface area contributed by atoms with Gasteiger partial charge in [-0.1, -0.05) is 0 Å². The van der Waals surface area contributed by atoms with Crippen LogP contribution < -0.4 is 4.74 Å². The van der Waals surface area contributed by atoms with Crippen molar-refractivity contribution in [2.24, 2.45) is 0 Å². The number of halogens is 2. The van der Waals surface area contributed by atoms with Crippen molar-refractivity contribution in [2.75, 3.05) is 7.11 Å². The molecule has 0 radical (unpaired) electrons. The summed E-state index contributed by atoms with van der Waals surface area (Å²) in [6.45, 7) is 0. The zero-order valence-corrected chi connectivity index (χ0v) is 7.35. The highest BCUT2D eigenvalue weighted by Crippen LogP contribution is 2.30. The fraction of sp³-hybridized carbons (Fsp3) is 0.143. The summed E-state index contributed by atoms with van der Waals surface area (Å²) in [5.74, 6) is -0.463. The lowest BCUT2D eigenvalue weighted by molar-refractivity contribution is 0.370. The Morgan fingerprint density at radius 2 is 2.18 bits per heavy atom. The zero-order chi connectivity index (χ0) is 8.43. The van der Waals surface area contributed by atoms with Gasteiger partial charge in [0.2, 0.25) is 0 Å². The first-order valence-corrected chi connectivity index (χ1v) is 3.66. The molecule has 0 saturated carbocycles. The van der Waals surface area contributed by atoms with Crippen LogP contribution in [0.25, 0.3) is 0 Å². The minimum Gasteiger partial charge on any atom is -0.504 e. The standard InChI is InChI=1S/C7H6BrFO2/c1-11-7-2-4(8)5(9)3-6(7)10/h2-3,10H,1H3. The second-order valence-corrected chi connectivity index (χ2v) is 2.79. The normalized spacial score (nSPS) is 9.73. The molecule has 0 heterocycles. The van der Waals surface area contributed by atoms with E-state index in [0.717, 1.165) is 6.07 Å². The molecule has 1 rings (SSSR count). The van der Waals surface area contributed by atoms with Gasteiger partial charge in [-0.05, 0) is 15.9 Å².